The molecule has 0 aliphatic carbocycles. The lowest BCUT2D eigenvalue weighted by molar-refractivity contribution is -0.117. The molecule has 0 aliphatic heterocycles. The van der Waals surface area contributed by atoms with Crippen LogP contribution >= 0.6 is 23.2 Å². The molecule has 1 aromatic carbocycles. The van der Waals surface area contributed by atoms with Crippen molar-refractivity contribution in [3.63, 3.8) is 0 Å². The molecule has 0 bridgehead atoms. The van der Waals surface area contributed by atoms with Crippen LogP contribution in [0, 0.1) is 0 Å². The summed E-state index contributed by atoms with van der Waals surface area (Å²) >= 11 is 11.9. The molecule has 2 aromatic rings. The third-order valence-corrected chi connectivity index (χ3v) is 3.15. The minimum atomic E-state index is -0.260. The predicted molar refractivity (Wildman–Crippen MR) is 78.4 cm³/mol. The van der Waals surface area contributed by atoms with Crippen molar-refractivity contribution in [2.75, 3.05) is 0 Å². The van der Waals surface area contributed by atoms with E-state index in [1.54, 1.807) is 31.2 Å². The molecule has 1 unspecified atom stereocenters. The fraction of sp³-hybridized carbons (Fsp3) is 0.154. The van der Waals surface area contributed by atoms with Gasteiger partial charge in [0.05, 0.1) is 6.04 Å². The fourth-order valence-electron chi connectivity index (χ4n) is 1.56. The van der Waals surface area contributed by atoms with Gasteiger partial charge in [0.25, 0.3) is 0 Å². The van der Waals surface area contributed by atoms with Crippen molar-refractivity contribution in [3.8, 4) is 0 Å². The van der Waals surface area contributed by atoms with Gasteiger partial charge in [-0.1, -0.05) is 23.2 Å². The number of H-pyrrole nitrogens is 1. The molecule has 0 fully saturated rings. The molecular formula is C13H12Cl2N4O. The summed E-state index contributed by atoms with van der Waals surface area (Å²) in [4.78, 5) is 15.8. The van der Waals surface area contributed by atoms with Crippen LogP contribution in [0.3, 0.4) is 0 Å². The van der Waals surface area contributed by atoms with Crippen LogP contribution in [0.1, 0.15) is 24.4 Å². The van der Waals surface area contributed by atoms with Crippen LogP contribution in [-0.2, 0) is 4.79 Å². The largest absolute Gasteiger partial charge is 0.343 e. The highest BCUT2D eigenvalue weighted by molar-refractivity contribution is 6.34. The highest BCUT2D eigenvalue weighted by Gasteiger charge is 2.09. The van der Waals surface area contributed by atoms with Crippen molar-refractivity contribution in [2.24, 2.45) is 0 Å². The van der Waals surface area contributed by atoms with Crippen molar-refractivity contribution in [1.29, 1.82) is 0 Å². The molecule has 104 valence electrons. The number of carbonyl (C=O) groups is 1. The van der Waals surface area contributed by atoms with Crippen LogP contribution in [0.25, 0.3) is 6.08 Å². The van der Waals surface area contributed by atoms with E-state index in [9.17, 15) is 4.79 Å². The first kappa shape index (κ1) is 14.6. The lowest BCUT2D eigenvalue weighted by Gasteiger charge is -2.08. The summed E-state index contributed by atoms with van der Waals surface area (Å²) in [5.74, 6) is 0.331. The first-order valence-electron chi connectivity index (χ1n) is 5.85. The molecule has 1 aromatic heterocycles. The second-order valence-electron chi connectivity index (χ2n) is 4.10. The Bertz CT molecular complexity index is 625. The number of hydrogen-bond donors (Lipinski definition) is 2. The van der Waals surface area contributed by atoms with Crippen LogP contribution in [-0.4, -0.2) is 21.1 Å². The smallest absolute Gasteiger partial charge is 0.244 e. The minimum Gasteiger partial charge on any atom is -0.343 e. The van der Waals surface area contributed by atoms with Gasteiger partial charge in [-0.3, -0.25) is 9.89 Å². The number of nitrogens with zero attached hydrogens (tertiary/aromatic N) is 2. The lowest BCUT2D eigenvalue weighted by atomic mass is 10.2. The molecule has 1 amide bonds. The average molecular weight is 311 g/mol. The maximum Gasteiger partial charge on any atom is 0.244 e. The zero-order valence-corrected chi connectivity index (χ0v) is 12.1. The van der Waals surface area contributed by atoms with Crippen molar-refractivity contribution >= 4 is 35.2 Å². The monoisotopic (exact) mass is 310 g/mol. The van der Waals surface area contributed by atoms with E-state index < -0.39 is 0 Å². The molecule has 0 aliphatic rings. The second kappa shape index (κ2) is 6.54. The van der Waals surface area contributed by atoms with E-state index in [1.165, 1.54) is 12.4 Å². The number of benzene rings is 1. The van der Waals surface area contributed by atoms with Crippen LogP contribution in [0.2, 0.25) is 10.0 Å². The van der Waals surface area contributed by atoms with Gasteiger partial charge in [-0.25, -0.2) is 4.98 Å². The minimum absolute atomic E-state index is 0.259. The third-order valence-electron chi connectivity index (χ3n) is 2.57. The summed E-state index contributed by atoms with van der Waals surface area (Å²) in [6.45, 7) is 1.80. The number of halogens is 2. The molecule has 20 heavy (non-hydrogen) atoms. The number of hydrogen-bond acceptors (Lipinski definition) is 3. The predicted octanol–water partition coefficient (Wildman–Crippen LogP) is 3.00. The molecule has 1 heterocycles. The Kier molecular flexibility index (Phi) is 4.76. The van der Waals surface area contributed by atoms with E-state index in [0.29, 0.717) is 21.4 Å². The van der Waals surface area contributed by atoms with Gasteiger partial charge >= 0.3 is 0 Å². The van der Waals surface area contributed by atoms with Crippen molar-refractivity contribution in [2.45, 2.75) is 13.0 Å². The van der Waals surface area contributed by atoms with E-state index in [4.69, 9.17) is 23.2 Å². The van der Waals surface area contributed by atoms with E-state index in [0.717, 1.165) is 0 Å². The third kappa shape index (κ3) is 3.82. The molecule has 0 radical (unpaired) electrons. The van der Waals surface area contributed by atoms with Crippen molar-refractivity contribution in [1.82, 2.24) is 20.5 Å². The summed E-state index contributed by atoms with van der Waals surface area (Å²) in [5, 5.41) is 10.3. The number of amides is 1. The van der Waals surface area contributed by atoms with Gasteiger partial charge in [0.15, 0.2) is 0 Å². The van der Waals surface area contributed by atoms with Gasteiger partial charge in [-0.15, -0.1) is 0 Å². The van der Waals surface area contributed by atoms with Crippen LogP contribution in [0.4, 0.5) is 0 Å². The number of carbonyl (C=O) groups excluding carboxylic acids is 1. The summed E-state index contributed by atoms with van der Waals surface area (Å²) in [6.07, 6.45) is 4.39. The molecule has 7 heteroatoms. The molecular weight excluding hydrogens is 299 g/mol. The van der Waals surface area contributed by atoms with Crippen LogP contribution < -0.4 is 5.32 Å². The maximum atomic E-state index is 11.8. The zero-order chi connectivity index (χ0) is 14.5. The maximum absolute atomic E-state index is 11.8. The Hall–Kier alpha value is -1.85. The first-order valence-corrected chi connectivity index (χ1v) is 6.61. The summed E-state index contributed by atoms with van der Waals surface area (Å²) in [5.41, 5.74) is 0.682. The summed E-state index contributed by atoms with van der Waals surface area (Å²) < 4.78 is 0. The number of nitrogens with one attached hydrogen (secondary N) is 2. The van der Waals surface area contributed by atoms with Crippen LogP contribution in [0.15, 0.2) is 30.6 Å². The van der Waals surface area contributed by atoms with E-state index in [1.807, 2.05) is 0 Å². The van der Waals surface area contributed by atoms with E-state index in [2.05, 4.69) is 20.5 Å². The van der Waals surface area contributed by atoms with Gasteiger partial charge in [-0.05, 0) is 36.8 Å². The molecule has 5 nitrogen and oxygen atoms in total. The second-order valence-corrected chi connectivity index (χ2v) is 4.94. The van der Waals surface area contributed by atoms with Gasteiger partial charge in [0.2, 0.25) is 5.91 Å². The summed E-state index contributed by atoms with van der Waals surface area (Å²) in [6, 6.07) is 4.80. The highest BCUT2D eigenvalue weighted by atomic mass is 35.5. The Labute approximate surface area is 126 Å². The molecule has 0 saturated carbocycles. The summed E-state index contributed by atoms with van der Waals surface area (Å²) in [7, 11) is 0. The normalized spacial score (nSPS) is 12.6. The molecule has 1 atom stereocenters. The Morgan fingerprint density at radius 2 is 2.25 bits per heavy atom. The molecule has 2 N–H and O–H groups in total. The molecule has 0 saturated heterocycles. The zero-order valence-electron chi connectivity index (χ0n) is 10.6. The first-order chi connectivity index (χ1) is 9.56. The topological polar surface area (TPSA) is 70.7 Å². The van der Waals surface area contributed by atoms with E-state index >= 15 is 0 Å². The molecule has 0 spiro atoms. The number of aromatic nitrogens is 3. The average Bonchev–Trinajstić information content (AvgIpc) is 2.94. The Morgan fingerprint density at radius 1 is 1.45 bits per heavy atom. The van der Waals surface area contributed by atoms with Gasteiger partial charge in [0.1, 0.15) is 12.2 Å². The Morgan fingerprint density at radius 3 is 2.95 bits per heavy atom. The van der Waals surface area contributed by atoms with Gasteiger partial charge in [0, 0.05) is 16.1 Å². The van der Waals surface area contributed by atoms with Crippen molar-refractivity contribution < 1.29 is 4.79 Å². The Balaban J connectivity index is 2.00. The molecule has 2 rings (SSSR count). The fourth-order valence-corrected chi connectivity index (χ4v) is 1.92. The van der Waals surface area contributed by atoms with Crippen molar-refractivity contribution in [3.05, 3.63) is 52.0 Å². The van der Waals surface area contributed by atoms with E-state index in [-0.39, 0.29) is 11.9 Å². The van der Waals surface area contributed by atoms with Crippen LogP contribution in [0.5, 0.6) is 0 Å². The highest BCUT2D eigenvalue weighted by Crippen LogP contribution is 2.21. The quantitative estimate of drug-likeness (QED) is 0.853. The van der Waals surface area contributed by atoms with Gasteiger partial charge in [-0.2, -0.15) is 5.10 Å². The van der Waals surface area contributed by atoms with Gasteiger partial charge < -0.3 is 5.32 Å². The SMILES string of the molecule is CC(NC(=O)/C=C/c1cc(Cl)ccc1Cl)c1ncn[nH]1. The number of rotatable bonds is 4. The lowest BCUT2D eigenvalue weighted by Crippen LogP contribution is -2.25. The number of aromatic amines is 1. The standard InChI is InChI=1S/C13H12Cl2N4O/c1-8(13-16-7-17-19-13)18-12(20)5-2-9-6-10(14)3-4-11(9)15/h2-8H,1H3,(H,18,20)(H,16,17,19)/b5-2+.